The summed E-state index contributed by atoms with van der Waals surface area (Å²) in [7, 11) is 0. The third-order valence-electron chi connectivity index (χ3n) is 4.64. The van der Waals surface area contributed by atoms with Gasteiger partial charge in [-0.2, -0.15) is 5.10 Å². The van der Waals surface area contributed by atoms with Gasteiger partial charge < -0.3 is 4.90 Å². The molecule has 5 heteroatoms. The molecule has 2 aromatic rings. The highest BCUT2D eigenvalue weighted by molar-refractivity contribution is 6.30. The first-order valence-corrected chi connectivity index (χ1v) is 8.50. The molecular formula is C18H22ClN3O. The van der Waals surface area contributed by atoms with Crippen molar-refractivity contribution in [2.75, 3.05) is 13.1 Å². The van der Waals surface area contributed by atoms with Gasteiger partial charge in [-0.15, -0.1) is 0 Å². The highest BCUT2D eigenvalue weighted by Gasteiger charge is 2.26. The molecule has 2 heterocycles. The summed E-state index contributed by atoms with van der Waals surface area (Å²) < 4.78 is 0. The average molecular weight is 332 g/mol. The molecule has 1 atom stereocenters. The number of likely N-dealkylation sites (tertiary alicyclic amines) is 1. The van der Waals surface area contributed by atoms with Crippen molar-refractivity contribution in [3.8, 4) is 0 Å². The maximum Gasteiger partial charge on any atom is 0.257 e. The maximum atomic E-state index is 12.9. The number of aromatic amines is 1. The molecule has 0 aliphatic carbocycles. The Morgan fingerprint density at radius 2 is 2.00 bits per heavy atom. The summed E-state index contributed by atoms with van der Waals surface area (Å²) in [5.74, 6) is 0.459. The van der Waals surface area contributed by atoms with Gasteiger partial charge in [0.15, 0.2) is 0 Å². The predicted molar refractivity (Wildman–Crippen MR) is 92.0 cm³/mol. The number of nitrogens with zero attached hydrogens (tertiary/aromatic N) is 2. The lowest BCUT2D eigenvalue weighted by Crippen LogP contribution is -2.34. The van der Waals surface area contributed by atoms with E-state index in [0.29, 0.717) is 5.92 Å². The summed E-state index contributed by atoms with van der Waals surface area (Å²) in [5, 5.41) is 7.81. The summed E-state index contributed by atoms with van der Waals surface area (Å²) in [6.07, 6.45) is 3.29. The van der Waals surface area contributed by atoms with Crippen LogP contribution in [0.5, 0.6) is 0 Å². The number of aryl methyl sites for hydroxylation is 2. The molecule has 3 rings (SSSR count). The van der Waals surface area contributed by atoms with Crippen molar-refractivity contribution in [3.63, 3.8) is 0 Å². The summed E-state index contributed by atoms with van der Waals surface area (Å²) in [4.78, 5) is 14.9. The minimum atomic E-state index is 0.0922. The number of amides is 1. The van der Waals surface area contributed by atoms with E-state index in [1.54, 1.807) is 0 Å². The molecule has 0 saturated carbocycles. The van der Waals surface area contributed by atoms with Crippen molar-refractivity contribution in [2.24, 2.45) is 0 Å². The predicted octanol–water partition coefficient (Wildman–Crippen LogP) is 4.09. The van der Waals surface area contributed by atoms with E-state index >= 15 is 0 Å². The van der Waals surface area contributed by atoms with Crippen molar-refractivity contribution in [3.05, 3.63) is 51.8 Å². The number of H-pyrrole nitrogens is 1. The van der Waals surface area contributed by atoms with Crippen LogP contribution in [-0.4, -0.2) is 34.1 Å². The van der Waals surface area contributed by atoms with Crippen LogP contribution in [0.2, 0.25) is 5.02 Å². The fourth-order valence-electron chi connectivity index (χ4n) is 3.36. The molecule has 1 aromatic heterocycles. The summed E-state index contributed by atoms with van der Waals surface area (Å²) in [6.45, 7) is 5.35. The van der Waals surface area contributed by atoms with E-state index in [2.05, 4.69) is 22.3 Å². The van der Waals surface area contributed by atoms with Crippen LogP contribution in [0.15, 0.2) is 24.3 Å². The largest absolute Gasteiger partial charge is 0.338 e. The molecular weight excluding hydrogens is 310 g/mol. The lowest BCUT2D eigenvalue weighted by molar-refractivity contribution is 0.0753. The zero-order valence-corrected chi connectivity index (χ0v) is 14.4. The van der Waals surface area contributed by atoms with Gasteiger partial charge in [0.25, 0.3) is 5.91 Å². The van der Waals surface area contributed by atoms with Gasteiger partial charge in [0.05, 0.1) is 11.3 Å². The highest BCUT2D eigenvalue weighted by atomic mass is 35.5. The Balaban J connectivity index is 1.82. The third kappa shape index (κ3) is 3.42. The van der Waals surface area contributed by atoms with E-state index in [-0.39, 0.29) is 5.91 Å². The number of hydrogen-bond donors (Lipinski definition) is 1. The van der Waals surface area contributed by atoms with Crippen LogP contribution >= 0.6 is 11.6 Å². The van der Waals surface area contributed by atoms with Gasteiger partial charge in [0.1, 0.15) is 0 Å². The number of hydrogen-bond acceptors (Lipinski definition) is 2. The molecule has 0 radical (unpaired) electrons. The standard InChI is InChI=1S/C18H22ClN3O/c1-12-17(13(2)21-20-12)18(23)22-10-4-3-5-15(11-22)14-6-8-16(19)9-7-14/h6-9,15H,3-5,10-11H2,1-2H3,(H,20,21)/t15-/m0/s1. The number of aromatic nitrogens is 2. The molecule has 23 heavy (non-hydrogen) atoms. The summed E-state index contributed by atoms with van der Waals surface area (Å²) in [5.41, 5.74) is 3.61. The highest BCUT2D eigenvalue weighted by Crippen LogP contribution is 2.28. The Labute approximate surface area is 141 Å². The molecule has 1 aromatic carbocycles. The second-order valence-corrected chi connectivity index (χ2v) is 6.74. The van der Waals surface area contributed by atoms with Crippen molar-refractivity contribution in [1.82, 2.24) is 15.1 Å². The van der Waals surface area contributed by atoms with Crippen LogP contribution in [0.25, 0.3) is 0 Å². The Kier molecular flexibility index (Phi) is 4.71. The number of carbonyl (C=O) groups excluding carboxylic acids is 1. The maximum absolute atomic E-state index is 12.9. The van der Waals surface area contributed by atoms with Crippen LogP contribution in [-0.2, 0) is 0 Å². The van der Waals surface area contributed by atoms with Crippen molar-refractivity contribution < 1.29 is 4.79 Å². The lowest BCUT2D eigenvalue weighted by Gasteiger charge is -2.25. The molecule has 1 N–H and O–H groups in total. The molecule has 1 amide bonds. The number of halogens is 1. The summed E-state index contributed by atoms with van der Waals surface area (Å²) >= 11 is 5.99. The fraction of sp³-hybridized carbons (Fsp3) is 0.444. The van der Waals surface area contributed by atoms with Crippen molar-refractivity contribution in [2.45, 2.75) is 39.0 Å². The second-order valence-electron chi connectivity index (χ2n) is 6.30. The van der Waals surface area contributed by atoms with Gasteiger partial charge in [-0.05, 0) is 44.4 Å². The Hall–Kier alpha value is -1.81. The first-order chi connectivity index (χ1) is 11.1. The van der Waals surface area contributed by atoms with Crippen LogP contribution in [0.4, 0.5) is 0 Å². The second kappa shape index (κ2) is 6.75. The average Bonchev–Trinajstić information content (AvgIpc) is 2.76. The molecule has 1 fully saturated rings. The molecule has 0 bridgehead atoms. The van der Waals surface area contributed by atoms with E-state index in [4.69, 9.17) is 11.6 Å². The molecule has 122 valence electrons. The van der Waals surface area contributed by atoms with Gasteiger partial charge in [0.2, 0.25) is 0 Å². The van der Waals surface area contributed by atoms with E-state index in [0.717, 1.165) is 54.3 Å². The quantitative estimate of drug-likeness (QED) is 0.901. The zero-order valence-electron chi connectivity index (χ0n) is 13.6. The first kappa shape index (κ1) is 16.1. The van der Waals surface area contributed by atoms with Gasteiger partial charge >= 0.3 is 0 Å². The Morgan fingerprint density at radius 3 is 2.65 bits per heavy atom. The zero-order chi connectivity index (χ0) is 16.4. The smallest absolute Gasteiger partial charge is 0.257 e. The SMILES string of the molecule is Cc1n[nH]c(C)c1C(=O)N1CCCC[C@H](c2ccc(Cl)cc2)C1. The van der Waals surface area contributed by atoms with E-state index < -0.39 is 0 Å². The first-order valence-electron chi connectivity index (χ1n) is 8.12. The minimum absolute atomic E-state index is 0.0922. The minimum Gasteiger partial charge on any atom is -0.338 e. The molecule has 0 unspecified atom stereocenters. The van der Waals surface area contributed by atoms with Crippen LogP contribution in [0.1, 0.15) is 52.5 Å². The van der Waals surface area contributed by atoms with Gasteiger partial charge in [-0.1, -0.05) is 30.2 Å². The molecule has 1 aliphatic heterocycles. The molecule has 1 saturated heterocycles. The topological polar surface area (TPSA) is 49.0 Å². The van der Waals surface area contributed by atoms with Crippen LogP contribution in [0.3, 0.4) is 0 Å². The van der Waals surface area contributed by atoms with Gasteiger partial charge in [0, 0.05) is 29.7 Å². The Bertz CT molecular complexity index is 673. The van der Waals surface area contributed by atoms with E-state index in [1.165, 1.54) is 5.56 Å². The Morgan fingerprint density at radius 1 is 1.26 bits per heavy atom. The fourth-order valence-corrected chi connectivity index (χ4v) is 3.48. The van der Waals surface area contributed by atoms with Crippen molar-refractivity contribution in [1.29, 1.82) is 0 Å². The summed E-state index contributed by atoms with van der Waals surface area (Å²) in [6, 6.07) is 8.02. The van der Waals surface area contributed by atoms with Gasteiger partial charge in [-0.3, -0.25) is 9.89 Å². The number of carbonyl (C=O) groups is 1. The van der Waals surface area contributed by atoms with Gasteiger partial charge in [-0.25, -0.2) is 0 Å². The third-order valence-corrected chi connectivity index (χ3v) is 4.89. The number of benzene rings is 1. The molecule has 4 nitrogen and oxygen atoms in total. The normalized spacial score (nSPS) is 18.7. The van der Waals surface area contributed by atoms with E-state index in [1.807, 2.05) is 30.9 Å². The molecule has 0 spiro atoms. The van der Waals surface area contributed by atoms with Crippen molar-refractivity contribution >= 4 is 17.5 Å². The number of rotatable bonds is 2. The number of nitrogens with one attached hydrogen (secondary N) is 1. The van der Waals surface area contributed by atoms with Crippen LogP contribution < -0.4 is 0 Å². The monoisotopic (exact) mass is 331 g/mol. The van der Waals surface area contributed by atoms with Crippen LogP contribution in [0, 0.1) is 13.8 Å². The van der Waals surface area contributed by atoms with E-state index in [9.17, 15) is 4.79 Å². The lowest BCUT2D eigenvalue weighted by atomic mass is 9.94. The molecule has 1 aliphatic rings.